The summed E-state index contributed by atoms with van der Waals surface area (Å²) in [5.74, 6) is 0. The molecule has 0 aromatic carbocycles. The fourth-order valence-electron chi connectivity index (χ4n) is 1.29. The summed E-state index contributed by atoms with van der Waals surface area (Å²) in [7, 11) is 1.66. The van der Waals surface area contributed by atoms with Crippen molar-refractivity contribution in [3.63, 3.8) is 0 Å². The van der Waals surface area contributed by atoms with Crippen molar-refractivity contribution < 1.29 is 18.8 Å². The van der Waals surface area contributed by atoms with Gasteiger partial charge in [-0.15, -0.1) is 0 Å². The topological polar surface area (TPSA) is 36.5 Å². The lowest BCUT2D eigenvalue weighted by atomic mass is 10.6. The number of methoxy groups -OCH3 is 1. The molecular formula is C12H21N2O3+. The van der Waals surface area contributed by atoms with Crippen LogP contribution in [-0.4, -0.2) is 44.7 Å². The summed E-state index contributed by atoms with van der Waals surface area (Å²) < 4.78 is 19.5. The van der Waals surface area contributed by atoms with Crippen molar-refractivity contribution in [1.82, 2.24) is 4.57 Å². The van der Waals surface area contributed by atoms with Crippen molar-refractivity contribution in [2.45, 2.75) is 6.54 Å². The van der Waals surface area contributed by atoms with E-state index in [2.05, 4.69) is 6.58 Å². The van der Waals surface area contributed by atoms with E-state index in [0.717, 1.165) is 6.54 Å². The molecule has 0 spiro atoms. The molecule has 96 valence electrons. The molecule has 0 saturated heterocycles. The molecule has 0 amide bonds. The Morgan fingerprint density at radius 1 is 1.18 bits per heavy atom. The second-order valence-corrected chi connectivity index (χ2v) is 3.50. The second kappa shape index (κ2) is 8.92. The van der Waals surface area contributed by atoms with E-state index in [-0.39, 0.29) is 0 Å². The second-order valence-electron chi connectivity index (χ2n) is 3.50. The average molecular weight is 241 g/mol. The number of nitrogens with zero attached hydrogens (tertiary/aromatic N) is 2. The Morgan fingerprint density at radius 2 is 1.88 bits per heavy atom. The Kier molecular flexibility index (Phi) is 7.29. The van der Waals surface area contributed by atoms with Crippen LogP contribution >= 0.6 is 0 Å². The Balaban J connectivity index is 1.95. The summed E-state index contributed by atoms with van der Waals surface area (Å²) in [4.78, 5) is 0. The predicted octanol–water partition coefficient (Wildman–Crippen LogP) is 0.556. The van der Waals surface area contributed by atoms with Crippen LogP contribution in [0, 0.1) is 0 Å². The molecule has 5 nitrogen and oxygen atoms in total. The van der Waals surface area contributed by atoms with Gasteiger partial charge in [-0.3, -0.25) is 0 Å². The minimum absolute atomic E-state index is 0.613. The van der Waals surface area contributed by atoms with Crippen molar-refractivity contribution in [2.24, 2.45) is 0 Å². The normalized spacial score (nSPS) is 10.6. The lowest BCUT2D eigenvalue weighted by Crippen LogP contribution is -2.33. The number of ether oxygens (including phenoxy) is 3. The molecule has 0 saturated carbocycles. The first-order valence-electron chi connectivity index (χ1n) is 5.70. The van der Waals surface area contributed by atoms with Crippen LogP contribution in [0.1, 0.15) is 0 Å². The minimum Gasteiger partial charge on any atom is -0.382 e. The van der Waals surface area contributed by atoms with Gasteiger partial charge in [0, 0.05) is 7.11 Å². The molecule has 0 radical (unpaired) electrons. The summed E-state index contributed by atoms with van der Waals surface area (Å²) in [6.07, 6.45) is 7.65. The number of rotatable bonds is 10. The maximum absolute atomic E-state index is 5.44. The molecule has 1 heterocycles. The molecule has 0 aliphatic rings. The van der Waals surface area contributed by atoms with E-state index in [4.69, 9.17) is 14.2 Å². The van der Waals surface area contributed by atoms with Gasteiger partial charge in [0.2, 0.25) is 6.33 Å². The van der Waals surface area contributed by atoms with Crippen LogP contribution in [0.15, 0.2) is 25.3 Å². The lowest BCUT2D eigenvalue weighted by molar-refractivity contribution is -0.697. The third-order valence-corrected chi connectivity index (χ3v) is 2.22. The van der Waals surface area contributed by atoms with E-state index >= 15 is 0 Å². The Labute approximate surface area is 102 Å². The third-order valence-electron chi connectivity index (χ3n) is 2.22. The van der Waals surface area contributed by atoms with Gasteiger partial charge in [-0.25, -0.2) is 9.13 Å². The van der Waals surface area contributed by atoms with Crippen molar-refractivity contribution in [1.29, 1.82) is 0 Å². The number of imidazole rings is 1. The number of hydrogen-bond donors (Lipinski definition) is 0. The molecule has 0 unspecified atom stereocenters. The number of aromatic nitrogens is 2. The van der Waals surface area contributed by atoms with Crippen molar-refractivity contribution in [2.75, 3.05) is 40.1 Å². The van der Waals surface area contributed by atoms with Gasteiger partial charge in [0.15, 0.2) is 0 Å². The first kappa shape index (κ1) is 13.9. The Hall–Kier alpha value is -1.17. The van der Waals surface area contributed by atoms with Crippen molar-refractivity contribution in [3.05, 3.63) is 25.3 Å². The van der Waals surface area contributed by atoms with Gasteiger partial charge in [0.25, 0.3) is 0 Å². The van der Waals surface area contributed by atoms with Gasteiger partial charge in [-0.05, 0) is 0 Å². The molecular weight excluding hydrogens is 220 g/mol. The standard InChI is InChI=1S/C12H21N2O3/c1-3-13-4-5-14(12-13)6-7-16-10-11-17-9-8-15-2/h3-5,12H,1,6-11H2,2H3/q+1. The van der Waals surface area contributed by atoms with Crippen molar-refractivity contribution in [3.8, 4) is 0 Å². The van der Waals surface area contributed by atoms with E-state index in [1.165, 1.54) is 0 Å². The van der Waals surface area contributed by atoms with Crippen LogP contribution in [0.25, 0.3) is 6.20 Å². The maximum Gasteiger partial charge on any atom is 0.248 e. The van der Waals surface area contributed by atoms with Gasteiger partial charge < -0.3 is 14.2 Å². The molecule has 5 heteroatoms. The van der Waals surface area contributed by atoms with Crippen LogP contribution in [0.3, 0.4) is 0 Å². The molecule has 1 aromatic rings. The number of hydrogen-bond acceptors (Lipinski definition) is 3. The first-order chi connectivity index (χ1) is 8.36. The van der Waals surface area contributed by atoms with Gasteiger partial charge in [-0.1, -0.05) is 6.58 Å². The summed E-state index contributed by atoms with van der Waals surface area (Å²) >= 11 is 0. The maximum atomic E-state index is 5.44. The summed E-state index contributed by atoms with van der Waals surface area (Å²) in [6.45, 7) is 7.68. The van der Waals surface area contributed by atoms with E-state index < -0.39 is 0 Å². The van der Waals surface area contributed by atoms with Crippen LogP contribution in [-0.2, 0) is 20.8 Å². The average Bonchev–Trinajstić information content (AvgIpc) is 2.80. The molecule has 17 heavy (non-hydrogen) atoms. The van der Waals surface area contributed by atoms with E-state index in [0.29, 0.717) is 33.0 Å². The zero-order valence-corrected chi connectivity index (χ0v) is 10.4. The Morgan fingerprint density at radius 3 is 2.53 bits per heavy atom. The Bertz CT molecular complexity index is 312. The minimum atomic E-state index is 0.613. The first-order valence-corrected chi connectivity index (χ1v) is 5.70. The zero-order valence-electron chi connectivity index (χ0n) is 10.4. The summed E-state index contributed by atoms with van der Waals surface area (Å²) in [6, 6.07) is 0. The van der Waals surface area contributed by atoms with E-state index in [1.54, 1.807) is 13.3 Å². The highest BCUT2D eigenvalue weighted by Gasteiger charge is 2.00. The highest BCUT2D eigenvalue weighted by Crippen LogP contribution is 1.84. The molecule has 0 bridgehead atoms. The van der Waals surface area contributed by atoms with Gasteiger partial charge >= 0.3 is 0 Å². The van der Waals surface area contributed by atoms with Crippen LogP contribution < -0.4 is 4.57 Å². The van der Waals surface area contributed by atoms with E-state index in [9.17, 15) is 0 Å². The molecule has 1 rings (SSSR count). The largest absolute Gasteiger partial charge is 0.382 e. The molecule has 0 fully saturated rings. The van der Waals surface area contributed by atoms with Gasteiger partial charge in [0.05, 0.1) is 39.2 Å². The van der Waals surface area contributed by atoms with Crippen molar-refractivity contribution >= 4 is 6.20 Å². The van der Waals surface area contributed by atoms with Crippen LogP contribution in [0.4, 0.5) is 0 Å². The smallest absolute Gasteiger partial charge is 0.248 e. The molecule has 0 aliphatic carbocycles. The van der Waals surface area contributed by atoms with Gasteiger partial charge in [-0.2, -0.15) is 0 Å². The summed E-state index contributed by atoms with van der Waals surface area (Å²) in [5.41, 5.74) is 0. The van der Waals surface area contributed by atoms with Crippen LogP contribution in [0.5, 0.6) is 0 Å². The lowest BCUT2D eigenvalue weighted by Gasteiger charge is -2.04. The monoisotopic (exact) mass is 241 g/mol. The highest BCUT2D eigenvalue weighted by molar-refractivity contribution is 5.12. The fraction of sp³-hybridized carbons (Fsp3) is 0.583. The molecule has 0 atom stereocenters. The quantitative estimate of drug-likeness (QED) is 0.443. The fourth-order valence-corrected chi connectivity index (χ4v) is 1.29. The molecule has 1 aromatic heterocycles. The summed E-state index contributed by atoms with van der Waals surface area (Å²) in [5, 5.41) is 0. The van der Waals surface area contributed by atoms with Gasteiger partial charge in [0.1, 0.15) is 18.9 Å². The molecule has 0 aliphatic heterocycles. The van der Waals surface area contributed by atoms with E-state index in [1.807, 2.05) is 27.9 Å². The SMILES string of the molecule is C=Cn1cc[n+](CCOCCOCCOC)c1. The predicted molar refractivity (Wildman–Crippen MR) is 64.5 cm³/mol. The third kappa shape index (κ3) is 6.21. The van der Waals surface area contributed by atoms with Crippen LogP contribution in [0.2, 0.25) is 0 Å². The zero-order chi connectivity index (χ0) is 12.3. The molecule has 0 N–H and O–H groups in total. The highest BCUT2D eigenvalue weighted by atomic mass is 16.5.